The summed E-state index contributed by atoms with van der Waals surface area (Å²) in [5.41, 5.74) is 0.385. The van der Waals surface area contributed by atoms with E-state index < -0.39 is 17.4 Å². The minimum absolute atomic E-state index is 0.0934. The standard InChI is InChI=1S/C27H39N5O5/c1-18(2)14-21(16-32(37)17-33)25(35)30-23(27(3,4)5)26(36)31-12-10-22(11-13-31)29-24(34)20-8-6-19(15-28)7-9-20/h6-9,17-18,21-23,37H,10-14,16H2,1-5H3,(H,29,34)(H,30,35). The number of carbonyl (C=O) groups excluding carboxylic acids is 4. The lowest BCUT2D eigenvalue weighted by Gasteiger charge is -2.39. The van der Waals surface area contributed by atoms with E-state index >= 15 is 0 Å². The number of rotatable bonds is 10. The van der Waals surface area contributed by atoms with Gasteiger partial charge in [0.2, 0.25) is 18.2 Å². The van der Waals surface area contributed by atoms with Gasteiger partial charge in [-0.25, -0.2) is 5.06 Å². The van der Waals surface area contributed by atoms with E-state index in [1.54, 1.807) is 29.2 Å². The van der Waals surface area contributed by atoms with Gasteiger partial charge in [0.25, 0.3) is 5.91 Å². The van der Waals surface area contributed by atoms with Gasteiger partial charge in [0.05, 0.1) is 24.1 Å². The van der Waals surface area contributed by atoms with E-state index in [1.165, 1.54) is 0 Å². The van der Waals surface area contributed by atoms with Crippen LogP contribution in [0.15, 0.2) is 24.3 Å². The van der Waals surface area contributed by atoms with E-state index in [9.17, 15) is 24.4 Å². The predicted octanol–water partition coefficient (Wildman–Crippen LogP) is 2.32. The Morgan fingerprint density at radius 2 is 1.78 bits per heavy atom. The van der Waals surface area contributed by atoms with Gasteiger partial charge >= 0.3 is 0 Å². The third kappa shape index (κ3) is 8.86. The third-order valence-corrected chi connectivity index (χ3v) is 6.47. The molecule has 2 atom stereocenters. The molecule has 0 aromatic heterocycles. The quantitative estimate of drug-likeness (QED) is 0.249. The molecular formula is C27H39N5O5. The van der Waals surface area contributed by atoms with Gasteiger partial charge in [-0.3, -0.25) is 24.4 Å². The summed E-state index contributed by atoms with van der Waals surface area (Å²) < 4.78 is 0. The normalized spacial score (nSPS) is 15.9. The summed E-state index contributed by atoms with van der Waals surface area (Å²) >= 11 is 0. The molecule has 0 radical (unpaired) electrons. The summed E-state index contributed by atoms with van der Waals surface area (Å²) in [6, 6.07) is 7.56. The Bertz CT molecular complexity index is 988. The number of piperidine rings is 1. The number of hydroxylamine groups is 2. The fourth-order valence-electron chi connectivity index (χ4n) is 4.40. The van der Waals surface area contributed by atoms with Crippen LogP contribution < -0.4 is 10.6 Å². The second-order valence-electron chi connectivity index (χ2n) is 11.1. The van der Waals surface area contributed by atoms with Crippen LogP contribution in [0.1, 0.15) is 69.8 Å². The van der Waals surface area contributed by atoms with Crippen LogP contribution in [0.25, 0.3) is 0 Å². The van der Waals surface area contributed by atoms with E-state index in [4.69, 9.17) is 5.26 Å². The molecule has 2 unspecified atom stereocenters. The van der Waals surface area contributed by atoms with E-state index in [0.29, 0.717) is 48.5 Å². The Morgan fingerprint density at radius 1 is 1.19 bits per heavy atom. The van der Waals surface area contributed by atoms with E-state index in [1.807, 2.05) is 40.7 Å². The third-order valence-electron chi connectivity index (χ3n) is 6.47. The zero-order valence-electron chi connectivity index (χ0n) is 22.4. The number of nitrogens with zero attached hydrogens (tertiary/aromatic N) is 3. The maximum atomic E-state index is 13.5. The molecule has 37 heavy (non-hydrogen) atoms. The zero-order chi connectivity index (χ0) is 27.8. The van der Waals surface area contributed by atoms with Gasteiger partial charge in [0, 0.05) is 24.7 Å². The minimum atomic E-state index is -0.789. The van der Waals surface area contributed by atoms with Crippen molar-refractivity contribution in [2.75, 3.05) is 19.6 Å². The average molecular weight is 514 g/mol. The van der Waals surface area contributed by atoms with Gasteiger partial charge in [0.15, 0.2) is 0 Å². The molecule has 3 N–H and O–H groups in total. The monoisotopic (exact) mass is 513 g/mol. The summed E-state index contributed by atoms with van der Waals surface area (Å²) in [4.78, 5) is 51.8. The number of benzene rings is 1. The van der Waals surface area contributed by atoms with Gasteiger partial charge < -0.3 is 15.5 Å². The number of hydrogen-bond acceptors (Lipinski definition) is 6. The molecule has 2 rings (SSSR count). The molecule has 0 spiro atoms. The van der Waals surface area contributed by atoms with Gasteiger partial charge in [0.1, 0.15) is 6.04 Å². The highest BCUT2D eigenvalue weighted by atomic mass is 16.5. The Balaban J connectivity index is 2.01. The Morgan fingerprint density at radius 3 is 2.27 bits per heavy atom. The SMILES string of the molecule is CC(C)CC(CN(O)C=O)C(=O)NC(C(=O)N1CCC(NC(=O)c2ccc(C#N)cc2)CC1)C(C)(C)C. The topological polar surface area (TPSA) is 143 Å². The van der Waals surface area contributed by atoms with Crippen LogP contribution in [-0.4, -0.2) is 71.0 Å². The zero-order valence-corrected chi connectivity index (χ0v) is 22.4. The summed E-state index contributed by atoms with van der Waals surface area (Å²) in [6.45, 7) is 10.2. The molecule has 0 aliphatic carbocycles. The first-order valence-corrected chi connectivity index (χ1v) is 12.7. The molecular weight excluding hydrogens is 474 g/mol. The number of hydrogen-bond donors (Lipinski definition) is 3. The second kappa shape index (κ2) is 13.2. The van der Waals surface area contributed by atoms with Crippen molar-refractivity contribution >= 4 is 24.1 Å². The molecule has 0 saturated carbocycles. The van der Waals surface area contributed by atoms with Crippen LogP contribution in [0.3, 0.4) is 0 Å². The van der Waals surface area contributed by atoms with E-state index in [0.717, 1.165) is 0 Å². The molecule has 1 saturated heterocycles. The Kier molecular flexibility index (Phi) is 10.6. The number of carbonyl (C=O) groups is 4. The second-order valence-corrected chi connectivity index (χ2v) is 11.1. The van der Waals surface area contributed by atoms with E-state index in [2.05, 4.69) is 10.6 Å². The largest absolute Gasteiger partial charge is 0.349 e. The summed E-state index contributed by atoms with van der Waals surface area (Å²) in [5, 5.41) is 24.9. The van der Waals surface area contributed by atoms with Crippen LogP contribution in [-0.2, 0) is 14.4 Å². The van der Waals surface area contributed by atoms with Crippen molar-refractivity contribution in [1.82, 2.24) is 20.6 Å². The fraction of sp³-hybridized carbons (Fsp3) is 0.593. The first-order chi connectivity index (χ1) is 17.3. The molecule has 10 nitrogen and oxygen atoms in total. The molecule has 1 aromatic carbocycles. The average Bonchev–Trinajstić information content (AvgIpc) is 2.85. The van der Waals surface area contributed by atoms with Crippen LogP contribution in [0.5, 0.6) is 0 Å². The van der Waals surface area contributed by atoms with Crippen molar-refractivity contribution in [3.8, 4) is 6.07 Å². The number of nitrogens with one attached hydrogen (secondary N) is 2. The van der Waals surface area contributed by atoms with E-state index in [-0.39, 0.29) is 42.6 Å². The fourth-order valence-corrected chi connectivity index (χ4v) is 4.40. The maximum Gasteiger partial charge on any atom is 0.251 e. The van der Waals surface area contributed by atoms with Crippen LogP contribution >= 0.6 is 0 Å². The maximum absolute atomic E-state index is 13.5. The Hall–Kier alpha value is -3.45. The van der Waals surface area contributed by atoms with Crippen molar-refractivity contribution in [3.63, 3.8) is 0 Å². The molecule has 10 heteroatoms. The van der Waals surface area contributed by atoms with Crippen molar-refractivity contribution in [2.24, 2.45) is 17.3 Å². The smallest absolute Gasteiger partial charge is 0.251 e. The number of nitriles is 1. The number of likely N-dealkylation sites (tertiary alicyclic amines) is 1. The summed E-state index contributed by atoms with van der Waals surface area (Å²) in [6.07, 6.45) is 1.87. The molecule has 0 bridgehead atoms. The van der Waals surface area contributed by atoms with Crippen molar-refractivity contribution in [2.45, 2.75) is 66.0 Å². The molecule has 1 aliphatic heterocycles. The summed E-state index contributed by atoms with van der Waals surface area (Å²) in [5.74, 6) is -1.31. The highest BCUT2D eigenvalue weighted by Crippen LogP contribution is 2.24. The van der Waals surface area contributed by atoms with Gasteiger partial charge in [-0.15, -0.1) is 0 Å². The van der Waals surface area contributed by atoms with Crippen LogP contribution in [0.2, 0.25) is 0 Å². The van der Waals surface area contributed by atoms with Gasteiger partial charge in [-0.1, -0.05) is 34.6 Å². The number of amides is 4. The highest BCUT2D eigenvalue weighted by molar-refractivity contribution is 5.94. The summed E-state index contributed by atoms with van der Waals surface area (Å²) in [7, 11) is 0. The Labute approximate surface area is 218 Å². The lowest BCUT2D eigenvalue weighted by atomic mass is 9.84. The van der Waals surface area contributed by atoms with Crippen molar-refractivity contribution < 1.29 is 24.4 Å². The predicted molar refractivity (Wildman–Crippen MR) is 137 cm³/mol. The molecule has 1 aromatic rings. The van der Waals surface area contributed by atoms with Crippen molar-refractivity contribution in [3.05, 3.63) is 35.4 Å². The molecule has 202 valence electrons. The minimum Gasteiger partial charge on any atom is -0.349 e. The first kappa shape index (κ1) is 29.8. The van der Waals surface area contributed by atoms with Crippen LogP contribution in [0, 0.1) is 28.6 Å². The molecule has 1 aliphatic rings. The van der Waals surface area contributed by atoms with Crippen molar-refractivity contribution in [1.29, 1.82) is 5.26 Å². The molecule has 4 amide bonds. The first-order valence-electron chi connectivity index (χ1n) is 12.7. The van der Waals surface area contributed by atoms with Gasteiger partial charge in [-0.05, 0) is 54.9 Å². The highest BCUT2D eigenvalue weighted by Gasteiger charge is 2.38. The van der Waals surface area contributed by atoms with Gasteiger partial charge in [-0.2, -0.15) is 5.26 Å². The molecule has 1 heterocycles. The van der Waals surface area contributed by atoms with Crippen LogP contribution in [0.4, 0.5) is 0 Å². The molecule has 1 fully saturated rings. The lowest BCUT2D eigenvalue weighted by molar-refractivity contribution is -0.156. The lowest BCUT2D eigenvalue weighted by Crippen LogP contribution is -2.58.